The maximum atomic E-state index is 12.4. The van der Waals surface area contributed by atoms with Gasteiger partial charge in [0.15, 0.2) is 0 Å². The van der Waals surface area contributed by atoms with Gasteiger partial charge in [0.2, 0.25) is 11.8 Å². The number of carbonyl (C=O) groups is 2. The fraction of sp³-hybridized carbons (Fsp3) is 0.857. The Morgan fingerprint density at radius 2 is 1.89 bits per heavy atom. The van der Waals surface area contributed by atoms with Crippen LogP contribution in [0.15, 0.2) is 0 Å². The van der Waals surface area contributed by atoms with Crippen molar-refractivity contribution >= 4 is 11.8 Å². The number of nitrogens with one attached hydrogen (secondary N) is 2. The Balaban J connectivity index is 1.88. The maximum absolute atomic E-state index is 12.4. The third kappa shape index (κ3) is 3.47. The Kier molecular flexibility index (Phi) is 4.45. The van der Waals surface area contributed by atoms with Crippen LogP contribution in [0.4, 0.5) is 0 Å². The lowest BCUT2D eigenvalue weighted by atomic mass is 9.73. The average molecular weight is 267 g/mol. The summed E-state index contributed by atoms with van der Waals surface area (Å²) in [5.41, 5.74) is 5.37. The van der Waals surface area contributed by atoms with Crippen molar-refractivity contribution in [2.45, 2.75) is 64.0 Å². The summed E-state index contributed by atoms with van der Waals surface area (Å²) in [6.07, 6.45) is 7.06. The normalized spacial score (nSPS) is 23.5. The van der Waals surface area contributed by atoms with Gasteiger partial charge in [-0.25, -0.2) is 0 Å². The summed E-state index contributed by atoms with van der Waals surface area (Å²) in [4.78, 5) is 24.2. The number of amides is 2. The summed E-state index contributed by atoms with van der Waals surface area (Å²) in [7, 11) is 0. The molecule has 0 radical (unpaired) electrons. The molecule has 0 saturated heterocycles. The summed E-state index contributed by atoms with van der Waals surface area (Å²) in [6, 6.07) is -0.150. The number of rotatable bonds is 5. The van der Waals surface area contributed by atoms with Gasteiger partial charge < -0.3 is 16.4 Å². The van der Waals surface area contributed by atoms with E-state index in [0.717, 1.165) is 38.5 Å². The minimum Gasteiger partial charge on any atom is -0.352 e. The van der Waals surface area contributed by atoms with Gasteiger partial charge in [0, 0.05) is 12.6 Å². The molecule has 19 heavy (non-hydrogen) atoms. The average Bonchev–Trinajstić information content (AvgIpc) is 3.23. The Morgan fingerprint density at radius 1 is 1.26 bits per heavy atom. The first-order valence-corrected chi connectivity index (χ1v) is 7.39. The summed E-state index contributed by atoms with van der Waals surface area (Å²) < 4.78 is 0. The molecule has 0 bridgehead atoms. The molecule has 1 atom stereocenters. The molecular formula is C14H25N3O2. The summed E-state index contributed by atoms with van der Waals surface area (Å²) >= 11 is 0. The lowest BCUT2D eigenvalue weighted by Gasteiger charge is -2.35. The number of hydrogen-bond acceptors (Lipinski definition) is 3. The van der Waals surface area contributed by atoms with E-state index in [1.54, 1.807) is 6.92 Å². The second-order valence-corrected chi connectivity index (χ2v) is 6.02. The molecule has 2 aliphatic rings. The molecule has 2 saturated carbocycles. The largest absolute Gasteiger partial charge is 0.352 e. The van der Waals surface area contributed by atoms with E-state index in [0.29, 0.717) is 12.6 Å². The molecule has 5 nitrogen and oxygen atoms in total. The van der Waals surface area contributed by atoms with Crippen molar-refractivity contribution in [3.05, 3.63) is 0 Å². The number of carbonyl (C=O) groups excluding carboxylic acids is 2. The van der Waals surface area contributed by atoms with E-state index in [1.807, 2.05) is 0 Å². The zero-order valence-electron chi connectivity index (χ0n) is 11.7. The number of hydrogen-bond donors (Lipinski definition) is 3. The molecule has 2 fully saturated rings. The molecule has 0 heterocycles. The topological polar surface area (TPSA) is 84.2 Å². The maximum Gasteiger partial charge on any atom is 0.242 e. The minimum atomic E-state index is -0.474. The Morgan fingerprint density at radius 3 is 2.42 bits per heavy atom. The van der Waals surface area contributed by atoms with Crippen molar-refractivity contribution in [2.75, 3.05) is 6.54 Å². The molecule has 0 aromatic carbocycles. The van der Waals surface area contributed by atoms with Crippen molar-refractivity contribution in [1.82, 2.24) is 10.6 Å². The molecule has 5 heteroatoms. The van der Waals surface area contributed by atoms with Gasteiger partial charge in [0.25, 0.3) is 0 Å². The second-order valence-electron chi connectivity index (χ2n) is 6.02. The zero-order valence-corrected chi connectivity index (χ0v) is 11.7. The van der Waals surface area contributed by atoms with Gasteiger partial charge in [-0.1, -0.05) is 19.3 Å². The molecule has 0 aromatic heterocycles. The molecule has 4 N–H and O–H groups in total. The summed E-state index contributed by atoms with van der Waals surface area (Å²) in [5, 5.41) is 5.75. The standard InChI is InChI=1S/C14H25N3O2/c1-10(12(18)17-11-5-6-11)16-13(19)14(9-15)7-3-2-4-8-14/h10-11H,2-9,15H2,1H3,(H,16,19)(H,17,18). The van der Waals surface area contributed by atoms with Crippen molar-refractivity contribution in [3.63, 3.8) is 0 Å². The van der Waals surface area contributed by atoms with Gasteiger partial charge >= 0.3 is 0 Å². The lowest BCUT2D eigenvalue weighted by Crippen LogP contribution is -2.53. The number of nitrogens with two attached hydrogens (primary N) is 1. The van der Waals surface area contributed by atoms with Gasteiger partial charge in [0.05, 0.1) is 5.41 Å². The second kappa shape index (κ2) is 5.90. The summed E-state index contributed by atoms with van der Waals surface area (Å²) in [5.74, 6) is -0.132. The van der Waals surface area contributed by atoms with Crippen molar-refractivity contribution in [1.29, 1.82) is 0 Å². The molecule has 108 valence electrons. The first kappa shape index (κ1) is 14.3. The lowest BCUT2D eigenvalue weighted by molar-refractivity contribution is -0.136. The van der Waals surface area contributed by atoms with E-state index < -0.39 is 11.5 Å². The van der Waals surface area contributed by atoms with E-state index in [2.05, 4.69) is 10.6 Å². The zero-order chi connectivity index (χ0) is 13.9. The van der Waals surface area contributed by atoms with E-state index in [4.69, 9.17) is 5.73 Å². The van der Waals surface area contributed by atoms with Crippen LogP contribution in [0.25, 0.3) is 0 Å². The predicted molar refractivity (Wildman–Crippen MR) is 73.3 cm³/mol. The van der Waals surface area contributed by atoms with Crippen LogP contribution in [0.1, 0.15) is 51.9 Å². The van der Waals surface area contributed by atoms with Gasteiger partial charge in [-0.05, 0) is 32.6 Å². The third-order valence-electron chi connectivity index (χ3n) is 4.35. The van der Waals surface area contributed by atoms with Crippen molar-refractivity contribution in [3.8, 4) is 0 Å². The molecular weight excluding hydrogens is 242 g/mol. The van der Waals surface area contributed by atoms with Gasteiger partial charge in [0.1, 0.15) is 6.04 Å². The quantitative estimate of drug-likeness (QED) is 0.685. The highest BCUT2D eigenvalue weighted by atomic mass is 16.2. The molecule has 2 rings (SSSR count). The summed E-state index contributed by atoms with van der Waals surface area (Å²) in [6.45, 7) is 2.11. The molecule has 0 spiro atoms. The van der Waals surface area contributed by atoms with Crippen LogP contribution in [-0.4, -0.2) is 30.4 Å². The highest BCUT2D eigenvalue weighted by Gasteiger charge is 2.39. The fourth-order valence-corrected chi connectivity index (χ4v) is 2.72. The van der Waals surface area contributed by atoms with Gasteiger partial charge in [-0.2, -0.15) is 0 Å². The van der Waals surface area contributed by atoms with E-state index >= 15 is 0 Å². The third-order valence-corrected chi connectivity index (χ3v) is 4.35. The van der Waals surface area contributed by atoms with Crippen molar-refractivity contribution < 1.29 is 9.59 Å². The molecule has 0 aliphatic heterocycles. The predicted octanol–water partition coefficient (Wildman–Crippen LogP) is 0.679. The Labute approximate surface area is 114 Å². The first-order valence-electron chi connectivity index (χ1n) is 7.39. The Bertz CT molecular complexity index is 347. The first-order chi connectivity index (χ1) is 9.07. The molecule has 0 aromatic rings. The monoisotopic (exact) mass is 267 g/mol. The fourth-order valence-electron chi connectivity index (χ4n) is 2.72. The highest BCUT2D eigenvalue weighted by Crippen LogP contribution is 2.35. The van der Waals surface area contributed by atoms with E-state index in [-0.39, 0.29) is 11.8 Å². The van der Waals surface area contributed by atoms with Gasteiger partial charge in [-0.15, -0.1) is 0 Å². The van der Waals surface area contributed by atoms with Crippen LogP contribution >= 0.6 is 0 Å². The Hall–Kier alpha value is -1.10. The molecule has 1 unspecified atom stereocenters. The van der Waals surface area contributed by atoms with E-state index in [1.165, 1.54) is 6.42 Å². The smallest absolute Gasteiger partial charge is 0.242 e. The van der Waals surface area contributed by atoms with Gasteiger partial charge in [-0.3, -0.25) is 9.59 Å². The van der Waals surface area contributed by atoms with Crippen LogP contribution < -0.4 is 16.4 Å². The van der Waals surface area contributed by atoms with Crippen LogP contribution in [0, 0.1) is 5.41 Å². The van der Waals surface area contributed by atoms with Crippen LogP contribution in [0.2, 0.25) is 0 Å². The highest BCUT2D eigenvalue weighted by molar-refractivity contribution is 5.90. The van der Waals surface area contributed by atoms with Crippen LogP contribution in [0.5, 0.6) is 0 Å². The van der Waals surface area contributed by atoms with Crippen molar-refractivity contribution in [2.24, 2.45) is 11.1 Å². The van der Waals surface area contributed by atoms with Crippen LogP contribution in [-0.2, 0) is 9.59 Å². The SMILES string of the molecule is CC(NC(=O)C1(CN)CCCCC1)C(=O)NC1CC1. The van der Waals surface area contributed by atoms with Crippen LogP contribution in [0.3, 0.4) is 0 Å². The van der Waals surface area contributed by atoms with E-state index in [9.17, 15) is 9.59 Å². The minimum absolute atomic E-state index is 0.0480. The molecule has 2 amide bonds. The molecule has 2 aliphatic carbocycles.